The lowest BCUT2D eigenvalue weighted by molar-refractivity contribution is 0.0466. The van der Waals surface area contributed by atoms with E-state index in [1.165, 1.54) is 0 Å². The zero-order valence-electron chi connectivity index (χ0n) is 8.06. The molecule has 0 saturated heterocycles. The first-order chi connectivity index (χ1) is 6.20. The molecule has 0 bridgehead atoms. The van der Waals surface area contributed by atoms with Gasteiger partial charge >= 0.3 is 0 Å². The maximum Gasteiger partial charge on any atom is 0.0820 e. The van der Waals surface area contributed by atoms with Gasteiger partial charge in [0.2, 0.25) is 0 Å². The summed E-state index contributed by atoms with van der Waals surface area (Å²) in [5.41, 5.74) is 0.998. The number of aliphatic hydroxyl groups is 1. The second-order valence-electron chi connectivity index (χ2n) is 3.28. The molecule has 0 fully saturated rings. The van der Waals surface area contributed by atoms with Gasteiger partial charge in [-0.1, -0.05) is 0 Å². The highest BCUT2D eigenvalue weighted by molar-refractivity contribution is 7.07. The first-order valence-electron chi connectivity index (χ1n) is 4.52. The highest BCUT2D eigenvalue weighted by Crippen LogP contribution is 2.19. The van der Waals surface area contributed by atoms with Crippen LogP contribution in [0.5, 0.6) is 0 Å². The maximum atomic E-state index is 9.65. The maximum absolute atomic E-state index is 9.65. The number of hydrogen-bond donors (Lipinski definition) is 1. The van der Waals surface area contributed by atoms with Crippen molar-refractivity contribution in [3.05, 3.63) is 22.4 Å². The van der Waals surface area contributed by atoms with Gasteiger partial charge in [0.05, 0.1) is 12.2 Å². The van der Waals surface area contributed by atoms with Gasteiger partial charge in [-0.3, -0.25) is 0 Å². The number of ether oxygens (including phenoxy) is 1. The average Bonchev–Trinajstić information content (AvgIpc) is 2.55. The Labute approximate surface area is 83.2 Å². The van der Waals surface area contributed by atoms with Crippen LogP contribution in [0.4, 0.5) is 0 Å². The summed E-state index contributed by atoms with van der Waals surface area (Å²) < 4.78 is 5.35. The van der Waals surface area contributed by atoms with Gasteiger partial charge in [0, 0.05) is 13.0 Å². The predicted octanol–water partition coefficient (Wildman–Crippen LogP) is 2.60. The molecule has 0 aromatic carbocycles. The normalized spacial score (nSPS) is 13.5. The standard InChI is InChI=1S/C10H16O2S/c1-8(2)12-5-3-10(11)9-4-6-13-7-9/h4,6-8,10-11H,3,5H2,1-2H3. The fourth-order valence-corrected chi connectivity index (χ4v) is 1.75. The molecule has 1 heterocycles. The molecule has 13 heavy (non-hydrogen) atoms. The molecule has 0 radical (unpaired) electrons. The van der Waals surface area contributed by atoms with Crippen molar-refractivity contribution in [2.24, 2.45) is 0 Å². The monoisotopic (exact) mass is 200 g/mol. The van der Waals surface area contributed by atoms with E-state index in [1.54, 1.807) is 11.3 Å². The lowest BCUT2D eigenvalue weighted by Crippen LogP contribution is -2.07. The Bertz CT molecular complexity index is 219. The molecule has 0 saturated carbocycles. The SMILES string of the molecule is CC(C)OCCC(O)c1ccsc1. The molecule has 0 spiro atoms. The molecular weight excluding hydrogens is 184 g/mol. The fourth-order valence-electron chi connectivity index (χ4n) is 1.05. The number of thiophene rings is 1. The van der Waals surface area contributed by atoms with E-state index in [4.69, 9.17) is 4.74 Å². The van der Waals surface area contributed by atoms with Crippen LogP contribution in [-0.2, 0) is 4.74 Å². The molecular formula is C10H16O2S. The Morgan fingerprint density at radius 1 is 1.54 bits per heavy atom. The molecule has 1 rings (SSSR count). The van der Waals surface area contributed by atoms with Gasteiger partial charge in [-0.05, 0) is 36.2 Å². The predicted molar refractivity (Wildman–Crippen MR) is 55.0 cm³/mol. The number of hydrogen-bond acceptors (Lipinski definition) is 3. The second-order valence-corrected chi connectivity index (χ2v) is 4.06. The highest BCUT2D eigenvalue weighted by atomic mass is 32.1. The number of rotatable bonds is 5. The van der Waals surface area contributed by atoms with E-state index in [1.807, 2.05) is 30.7 Å². The number of aliphatic hydroxyl groups excluding tert-OH is 1. The Morgan fingerprint density at radius 2 is 2.31 bits per heavy atom. The van der Waals surface area contributed by atoms with Gasteiger partial charge in [0.25, 0.3) is 0 Å². The minimum absolute atomic E-state index is 0.245. The Hall–Kier alpha value is -0.380. The third-order valence-corrected chi connectivity index (χ3v) is 2.47. The molecule has 1 N–H and O–H groups in total. The Kier molecular flexibility index (Phi) is 4.42. The van der Waals surface area contributed by atoms with E-state index in [0.29, 0.717) is 13.0 Å². The Balaban J connectivity index is 2.22. The summed E-state index contributed by atoms with van der Waals surface area (Å²) >= 11 is 1.61. The van der Waals surface area contributed by atoms with Crippen molar-refractivity contribution in [1.29, 1.82) is 0 Å². The first-order valence-corrected chi connectivity index (χ1v) is 5.46. The van der Waals surface area contributed by atoms with E-state index < -0.39 is 0 Å². The molecule has 74 valence electrons. The summed E-state index contributed by atoms with van der Waals surface area (Å²) in [4.78, 5) is 0. The summed E-state index contributed by atoms with van der Waals surface area (Å²) in [6.07, 6.45) is 0.550. The molecule has 1 aromatic rings. The van der Waals surface area contributed by atoms with E-state index in [2.05, 4.69) is 0 Å². The molecule has 3 heteroatoms. The van der Waals surface area contributed by atoms with Crippen LogP contribution in [0, 0.1) is 0 Å². The highest BCUT2D eigenvalue weighted by Gasteiger charge is 2.07. The molecule has 0 aliphatic rings. The van der Waals surface area contributed by atoms with Crippen LogP contribution in [0.25, 0.3) is 0 Å². The van der Waals surface area contributed by atoms with Gasteiger partial charge in [0.15, 0.2) is 0 Å². The lowest BCUT2D eigenvalue weighted by atomic mass is 10.1. The van der Waals surface area contributed by atoms with E-state index in [9.17, 15) is 5.11 Å². The van der Waals surface area contributed by atoms with Crippen molar-refractivity contribution in [3.8, 4) is 0 Å². The summed E-state index contributed by atoms with van der Waals surface area (Å²) in [7, 11) is 0. The average molecular weight is 200 g/mol. The van der Waals surface area contributed by atoms with Gasteiger partial charge < -0.3 is 9.84 Å². The third kappa shape index (κ3) is 3.89. The summed E-state index contributed by atoms with van der Waals surface area (Å²) in [6, 6.07) is 1.95. The van der Waals surface area contributed by atoms with E-state index >= 15 is 0 Å². The molecule has 1 aromatic heterocycles. The molecule has 1 atom stereocenters. The van der Waals surface area contributed by atoms with Crippen molar-refractivity contribution < 1.29 is 9.84 Å². The van der Waals surface area contributed by atoms with Gasteiger partial charge in [-0.15, -0.1) is 0 Å². The fraction of sp³-hybridized carbons (Fsp3) is 0.600. The quantitative estimate of drug-likeness (QED) is 0.791. The zero-order valence-corrected chi connectivity index (χ0v) is 8.88. The van der Waals surface area contributed by atoms with Gasteiger partial charge in [-0.25, -0.2) is 0 Å². The molecule has 0 amide bonds. The van der Waals surface area contributed by atoms with Crippen LogP contribution in [0.15, 0.2) is 16.8 Å². The third-order valence-electron chi connectivity index (χ3n) is 1.77. The van der Waals surface area contributed by atoms with Crippen molar-refractivity contribution >= 4 is 11.3 Å². The van der Waals surface area contributed by atoms with Crippen LogP contribution >= 0.6 is 11.3 Å². The van der Waals surface area contributed by atoms with Crippen molar-refractivity contribution in [1.82, 2.24) is 0 Å². The summed E-state index contributed by atoms with van der Waals surface area (Å²) in [5, 5.41) is 13.6. The van der Waals surface area contributed by atoms with E-state index in [-0.39, 0.29) is 12.2 Å². The van der Waals surface area contributed by atoms with Crippen molar-refractivity contribution in [3.63, 3.8) is 0 Å². The topological polar surface area (TPSA) is 29.5 Å². The molecule has 1 unspecified atom stereocenters. The molecule has 2 nitrogen and oxygen atoms in total. The van der Waals surface area contributed by atoms with Crippen LogP contribution in [0.1, 0.15) is 31.9 Å². The van der Waals surface area contributed by atoms with Crippen LogP contribution in [0.2, 0.25) is 0 Å². The lowest BCUT2D eigenvalue weighted by Gasteiger charge is -2.11. The molecule has 0 aliphatic heterocycles. The largest absolute Gasteiger partial charge is 0.388 e. The van der Waals surface area contributed by atoms with Crippen LogP contribution in [0.3, 0.4) is 0 Å². The van der Waals surface area contributed by atoms with Crippen LogP contribution in [-0.4, -0.2) is 17.8 Å². The zero-order chi connectivity index (χ0) is 9.68. The minimum atomic E-state index is -0.370. The summed E-state index contributed by atoms with van der Waals surface area (Å²) in [5.74, 6) is 0. The van der Waals surface area contributed by atoms with Crippen LogP contribution < -0.4 is 0 Å². The molecule has 0 aliphatic carbocycles. The minimum Gasteiger partial charge on any atom is -0.388 e. The van der Waals surface area contributed by atoms with Crippen molar-refractivity contribution in [2.45, 2.75) is 32.5 Å². The first kappa shape index (κ1) is 10.7. The second kappa shape index (κ2) is 5.37. The van der Waals surface area contributed by atoms with E-state index in [0.717, 1.165) is 5.56 Å². The van der Waals surface area contributed by atoms with Crippen molar-refractivity contribution in [2.75, 3.05) is 6.61 Å². The Morgan fingerprint density at radius 3 is 2.85 bits per heavy atom. The van der Waals surface area contributed by atoms with Gasteiger partial charge in [-0.2, -0.15) is 11.3 Å². The smallest absolute Gasteiger partial charge is 0.0820 e. The summed E-state index contributed by atoms with van der Waals surface area (Å²) in [6.45, 7) is 4.61. The van der Waals surface area contributed by atoms with Gasteiger partial charge in [0.1, 0.15) is 0 Å².